The number of carboxylic acids is 2. The van der Waals surface area contributed by atoms with Gasteiger partial charge in [-0.2, -0.15) is 0 Å². The first kappa shape index (κ1) is 16.9. The Kier molecular flexibility index (Phi) is 7.20. The molecule has 1 aromatic carbocycles. The van der Waals surface area contributed by atoms with E-state index in [1.165, 1.54) is 0 Å². The Morgan fingerprint density at radius 3 is 2.43 bits per heavy atom. The molecule has 7 heteroatoms. The summed E-state index contributed by atoms with van der Waals surface area (Å²) in [5, 5.41) is 29.8. The van der Waals surface area contributed by atoms with Crippen LogP contribution in [-0.4, -0.2) is 52.6 Å². The zero-order valence-corrected chi connectivity index (χ0v) is 11.4. The number of carbonyl (C=O) groups is 2. The average Bonchev–Trinajstić information content (AvgIpc) is 2.45. The Balaban J connectivity index is 2.30. The third kappa shape index (κ3) is 7.28. The molecule has 0 heterocycles. The summed E-state index contributed by atoms with van der Waals surface area (Å²) < 4.78 is 5.33. The summed E-state index contributed by atoms with van der Waals surface area (Å²) in [6, 6.07) is 7.91. The van der Waals surface area contributed by atoms with Gasteiger partial charge < -0.3 is 25.4 Å². The number of para-hydroxylation sites is 1. The molecule has 2 unspecified atom stereocenters. The van der Waals surface area contributed by atoms with Gasteiger partial charge in [-0.3, -0.25) is 9.59 Å². The molecular weight excluding hydrogens is 278 g/mol. The quantitative estimate of drug-likeness (QED) is 0.492. The maximum atomic E-state index is 10.9. The number of hydrogen-bond donors (Lipinski definition) is 4. The Morgan fingerprint density at radius 2 is 1.86 bits per heavy atom. The summed E-state index contributed by atoms with van der Waals surface area (Å²) in [7, 11) is 0. The molecule has 4 N–H and O–H groups in total. The molecule has 1 rings (SSSR count). The van der Waals surface area contributed by atoms with Crippen molar-refractivity contribution in [1.82, 2.24) is 5.32 Å². The monoisotopic (exact) mass is 297 g/mol. The SMILES string of the molecule is O=C(O)CCC(NCC(O)COc1ccccc1)C(=O)O. The van der Waals surface area contributed by atoms with Crippen molar-refractivity contribution in [3.8, 4) is 5.75 Å². The lowest BCUT2D eigenvalue weighted by Gasteiger charge is -2.17. The topological polar surface area (TPSA) is 116 Å². The zero-order valence-electron chi connectivity index (χ0n) is 11.4. The Hall–Kier alpha value is -2.12. The number of aliphatic hydroxyl groups excluding tert-OH is 1. The summed E-state index contributed by atoms with van der Waals surface area (Å²) in [6.07, 6.45) is -1.19. The molecule has 0 saturated carbocycles. The highest BCUT2D eigenvalue weighted by Gasteiger charge is 2.19. The van der Waals surface area contributed by atoms with Crippen molar-refractivity contribution in [3.05, 3.63) is 30.3 Å². The van der Waals surface area contributed by atoms with Crippen LogP contribution in [0.25, 0.3) is 0 Å². The predicted molar refractivity (Wildman–Crippen MR) is 74.2 cm³/mol. The lowest BCUT2D eigenvalue weighted by molar-refractivity contribution is -0.140. The summed E-state index contributed by atoms with van der Waals surface area (Å²) in [4.78, 5) is 21.4. The minimum absolute atomic E-state index is 0.00339. The van der Waals surface area contributed by atoms with Crippen LogP contribution in [0.15, 0.2) is 30.3 Å². The normalized spacial score (nSPS) is 13.4. The van der Waals surface area contributed by atoms with E-state index in [9.17, 15) is 14.7 Å². The highest BCUT2D eigenvalue weighted by Crippen LogP contribution is 2.08. The Bertz CT molecular complexity index is 450. The van der Waals surface area contributed by atoms with Crippen LogP contribution in [0.5, 0.6) is 5.75 Å². The third-order valence-electron chi connectivity index (χ3n) is 2.73. The molecule has 0 radical (unpaired) electrons. The first-order valence-electron chi connectivity index (χ1n) is 6.53. The second-order valence-corrected chi connectivity index (χ2v) is 4.51. The standard InChI is InChI=1S/C14H19NO6/c16-10(9-21-11-4-2-1-3-5-11)8-15-12(14(19)20)6-7-13(17)18/h1-5,10,12,15-16H,6-9H2,(H,17,18)(H,19,20). The number of rotatable bonds is 10. The van der Waals surface area contributed by atoms with E-state index in [0.29, 0.717) is 5.75 Å². The summed E-state index contributed by atoms with van der Waals surface area (Å²) >= 11 is 0. The fourth-order valence-corrected chi connectivity index (χ4v) is 1.63. The highest BCUT2D eigenvalue weighted by atomic mass is 16.5. The van der Waals surface area contributed by atoms with Gasteiger partial charge in [0.25, 0.3) is 0 Å². The fourth-order valence-electron chi connectivity index (χ4n) is 1.63. The van der Waals surface area contributed by atoms with Gasteiger partial charge in [-0.1, -0.05) is 18.2 Å². The number of ether oxygens (including phenoxy) is 1. The maximum Gasteiger partial charge on any atom is 0.320 e. The van der Waals surface area contributed by atoms with E-state index in [4.69, 9.17) is 14.9 Å². The number of benzene rings is 1. The summed E-state index contributed by atoms with van der Waals surface area (Å²) in [5.41, 5.74) is 0. The van der Waals surface area contributed by atoms with Crippen LogP contribution in [0.1, 0.15) is 12.8 Å². The number of hydrogen-bond acceptors (Lipinski definition) is 5. The van der Waals surface area contributed by atoms with E-state index in [1.54, 1.807) is 24.3 Å². The number of carboxylic acid groups (broad SMARTS) is 2. The molecule has 7 nitrogen and oxygen atoms in total. The van der Waals surface area contributed by atoms with Gasteiger partial charge in [0, 0.05) is 13.0 Å². The van der Waals surface area contributed by atoms with Crippen LogP contribution in [0.3, 0.4) is 0 Å². The number of nitrogens with one attached hydrogen (secondary N) is 1. The molecule has 0 amide bonds. The molecule has 0 aliphatic rings. The number of aliphatic hydroxyl groups is 1. The molecule has 0 saturated heterocycles. The molecule has 0 bridgehead atoms. The van der Waals surface area contributed by atoms with Crippen molar-refractivity contribution in [2.45, 2.75) is 25.0 Å². The molecule has 0 fully saturated rings. The van der Waals surface area contributed by atoms with E-state index < -0.39 is 24.1 Å². The molecule has 2 atom stereocenters. The second kappa shape index (κ2) is 8.93. The van der Waals surface area contributed by atoms with Crippen LogP contribution < -0.4 is 10.1 Å². The van der Waals surface area contributed by atoms with Gasteiger partial charge in [0.2, 0.25) is 0 Å². The van der Waals surface area contributed by atoms with Crippen LogP contribution >= 0.6 is 0 Å². The first-order valence-corrected chi connectivity index (χ1v) is 6.53. The lowest BCUT2D eigenvalue weighted by atomic mass is 10.1. The molecule has 0 spiro atoms. The largest absolute Gasteiger partial charge is 0.491 e. The predicted octanol–water partition coefficient (Wildman–Crippen LogP) is 0.334. The number of aliphatic carboxylic acids is 2. The lowest BCUT2D eigenvalue weighted by Crippen LogP contribution is -2.42. The van der Waals surface area contributed by atoms with Crippen molar-refractivity contribution in [3.63, 3.8) is 0 Å². The minimum Gasteiger partial charge on any atom is -0.491 e. The van der Waals surface area contributed by atoms with Gasteiger partial charge >= 0.3 is 11.9 Å². The van der Waals surface area contributed by atoms with Gasteiger partial charge in [-0.05, 0) is 18.6 Å². The molecule has 1 aromatic rings. The molecule has 0 aliphatic heterocycles. The second-order valence-electron chi connectivity index (χ2n) is 4.51. The summed E-state index contributed by atoms with van der Waals surface area (Å²) in [5.74, 6) is -1.60. The molecule has 116 valence electrons. The van der Waals surface area contributed by atoms with Crippen molar-refractivity contribution in [2.24, 2.45) is 0 Å². The maximum absolute atomic E-state index is 10.9. The molecule has 21 heavy (non-hydrogen) atoms. The molecular formula is C14H19NO6. The van der Waals surface area contributed by atoms with E-state index in [2.05, 4.69) is 5.32 Å². The Labute approximate surface area is 122 Å². The van der Waals surface area contributed by atoms with Crippen molar-refractivity contribution in [1.29, 1.82) is 0 Å². The zero-order chi connectivity index (χ0) is 15.7. The third-order valence-corrected chi connectivity index (χ3v) is 2.73. The molecule has 0 aliphatic carbocycles. The van der Waals surface area contributed by atoms with Gasteiger partial charge in [0.05, 0.1) is 0 Å². The van der Waals surface area contributed by atoms with Crippen LogP contribution in [0, 0.1) is 0 Å². The van der Waals surface area contributed by atoms with Gasteiger partial charge in [0.1, 0.15) is 24.5 Å². The van der Waals surface area contributed by atoms with Crippen LogP contribution in [-0.2, 0) is 9.59 Å². The van der Waals surface area contributed by atoms with E-state index >= 15 is 0 Å². The first-order chi connectivity index (χ1) is 9.99. The Morgan fingerprint density at radius 1 is 1.19 bits per heavy atom. The minimum atomic E-state index is -1.15. The van der Waals surface area contributed by atoms with Gasteiger partial charge in [-0.25, -0.2) is 0 Å². The van der Waals surface area contributed by atoms with Gasteiger partial charge in [-0.15, -0.1) is 0 Å². The van der Waals surface area contributed by atoms with E-state index in [-0.39, 0.29) is 26.0 Å². The van der Waals surface area contributed by atoms with Crippen LogP contribution in [0.2, 0.25) is 0 Å². The highest BCUT2D eigenvalue weighted by molar-refractivity contribution is 5.75. The fraction of sp³-hybridized carbons (Fsp3) is 0.429. The van der Waals surface area contributed by atoms with Crippen molar-refractivity contribution in [2.75, 3.05) is 13.2 Å². The van der Waals surface area contributed by atoms with Crippen molar-refractivity contribution >= 4 is 11.9 Å². The van der Waals surface area contributed by atoms with Crippen molar-refractivity contribution < 1.29 is 29.6 Å². The molecule has 0 aromatic heterocycles. The smallest absolute Gasteiger partial charge is 0.320 e. The van der Waals surface area contributed by atoms with E-state index in [0.717, 1.165) is 0 Å². The summed E-state index contributed by atoms with van der Waals surface area (Å²) in [6.45, 7) is 0.0195. The van der Waals surface area contributed by atoms with Gasteiger partial charge in [0.15, 0.2) is 0 Å². The average molecular weight is 297 g/mol. The van der Waals surface area contributed by atoms with E-state index in [1.807, 2.05) is 6.07 Å². The van der Waals surface area contributed by atoms with Crippen LogP contribution in [0.4, 0.5) is 0 Å².